The van der Waals surface area contributed by atoms with E-state index >= 15 is 0 Å². The maximum absolute atomic E-state index is 10.6. The Kier molecular flexibility index (Phi) is 3.00. The maximum atomic E-state index is 10.6. The van der Waals surface area contributed by atoms with Crippen LogP contribution in [-0.2, 0) is 0 Å². The van der Waals surface area contributed by atoms with Gasteiger partial charge in [-0.15, -0.1) is 5.10 Å². The predicted molar refractivity (Wildman–Crippen MR) is 68.9 cm³/mol. The van der Waals surface area contributed by atoms with E-state index in [1.807, 2.05) is 0 Å². The molecule has 1 aromatic carbocycles. The van der Waals surface area contributed by atoms with Crippen molar-refractivity contribution in [2.24, 2.45) is 21.0 Å². The van der Waals surface area contributed by atoms with Crippen LogP contribution >= 0.6 is 0 Å². The first-order valence-corrected chi connectivity index (χ1v) is 5.04. The molecule has 8 heteroatoms. The molecule has 0 spiro atoms. The molecule has 0 aromatic heterocycles. The molecule has 1 aliphatic heterocycles. The molecule has 92 valence electrons. The lowest BCUT2D eigenvalue weighted by molar-refractivity contribution is -0.384. The Morgan fingerprint density at radius 1 is 1.44 bits per heavy atom. The monoisotopic (exact) mass is 246 g/mol. The normalized spacial score (nSPS) is 16.4. The quantitative estimate of drug-likeness (QED) is 0.613. The number of hydrogen-bond donors (Lipinski definition) is 2. The van der Waals surface area contributed by atoms with Crippen molar-refractivity contribution in [3.8, 4) is 0 Å². The lowest BCUT2D eigenvalue weighted by Gasteiger charge is -2.02. The third-order valence-corrected chi connectivity index (χ3v) is 2.25. The van der Waals surface area contributed by atoms with E-state index in [2.05, 4.69) is 20.7 Å². The highest BCUT2D eigenvalue weighted by Gasteiger charge is 2.15. The van der Waals surface area contributed by atoms with Crippen LogP contribution in [0.1, 0.15) is 6.92 Å². The second-order valence-electron chi connectivity index (χ2n) is 3.55. The summed E-state index contributed by atoms with van der Waals surface area (Å²) in [5.41, 5.74) is 9.75. The van der Waals surface area contributed by atoms with Crippen LogP contribution in [0.4, 0.5) is 11.4 Å². The van der Waals surface area contributed by atoms with Crippen molar-refractivity contribution in [3.63, 3.8) is 0 Å². The zero-order valence-electron chi connectivity index (χ0n) is 9.49. The van der Waals surface area contributed by atoms with Crippen molar-refractivity contribution in [2.45, 2.75) is 6.92 Å². The molecule has 0 atom stereocenters. The van der Waals surface area contributed by atoms with Crippen LogP contribution in [0.3, 0.4) is 0 Å². The van der Waals surface area contributed by atoms with Crippen molar-refractivity contribution in [3.05, 3.63) is 34.4 Å². The number of nitro groups is 1. The lowest BCUT2D eigenvalue weighted by Crippen LogP contribution is -2.26. The highest BCUT2D eigenvalue weighted by atomic mass is 16.6. The molecular weight excluding hydrogens is 236 g/mol. The van der Waals surface area contributed by atoms with Gasteiger partial charge in [0.2, 0.25) is 0 Å². The van der Waals surface area contributed by atoms with Gasteiger partial charge in [-0.05, 0) is 13.0 Å². The molecule has 0 amide bonds. The summed E-state index contributed by atoms with van der Waals surface area (Å²) in [7, 11) is 0. The fourth-order valence-electron chi connectivity index (χ4n) is 1.36. The van der Waals surface area contributed by atoms with Gasteiger partial charge in [-0.3, -0.25) is 15.5 Å². The standard InChI is InChI=1S/C10H10N6O2/c1-6-9(10(11)15-12-6)14-13-7-3-2-4-8(5-7)16(17)18/h2-5,13H,1H3,(H2,11,14,15). The fraction of sp³-hybridized carbons (Fsp3) is 0.100. The highest BCUT2D eigenvalue weighted by molar-refractivity contribution is 6.69. The van der Waals surface area contributed by atoms with Gasteiger partial charge in [-0.1, -0.05) is 6.07 Å². The molecule has 1 aromatic rings. The molecule has 0 aliphatic carbocycles. The van der Waals surface area contributed by atoms with E-state index in [1.165, 1.54) is 12.1 Å². The van der Waals surface area contributed by atoms with Gasteiger partial charge in [0.15, 0.2) is 11.5 Å². The molecule has 0 bridgehead atoms. The second kappa shape index (κ2) is 4.62. The van der Waals surface area contributed by atoms with Gasteiger partial charge in [0.05, 0.1) is 16.3 Å². The minimum atomic E-state index is -0.476. The summed E-state index contributed by atoms with van der Waals surface area (Å²) in [4.78, 5) is 10.1. The number of nitrogens with zero attached hydrogens (tertiary/aromatic N) is 4. The largest absolute Gasteiger partial charge is 0.380 e. The molecular formula is C10H10N6O2. The van der Waals surface area contributed by atoms with Crippen molar-refractivity contribution in [1.82, 2.24) is 0 Å². The van der Waals surface area contributed by atoms with Crippen LogP contribution in [0.2, 0.25) is 0 Å². The molecule has 18 heavy (non-hydrogen) atoms. The zero-order valence-corrected chi connectivity index (χ0v) is 9.49. The van der Waals surface area contributed by atoms with Crippen LogP contribution in [0.15, 0.2) is 39.6 Å². The Morgan fingerprint density at radius 2 is 2.22 bits per heavy atom. The van der Waals surface area contributed by atoms with E-state index in [9.17, 15) is 10.1 Å². The number of hydrogen-bond acceptors (Lipinski definition) is 7. The molecule has 1 heterocycles. The molecule has 2 rings (SSSR count). The Morgan fingerprint density at radius 3 is 2.83 bits per heavy atom. The SMILES string of the molecule is CC1=NN=C(N)/C1=N/Nc1cccc([N+](=O)[O-])c1. The van der Waals surface area contributed by atoms with Gasteiger partial charge in [-0.2, -0.15) is 10.2 Å². The first kappa shape index (κ1) is 11.7. The second-order valence-corrected chi connectivity index (χ2v) is 3.55. The van der Waals surface area contributed by atoms with Crippen molar-refractivity contribution in [1.29, 1.82) is 0 Å². The summed E-state index contributed by atoms with van der Waals surface area (Å²) < 4.78 is 0. The van der Waals surface area contributed by atoms with Gasteiger partial charge in [0.25, 0.3) is 5.69 Å². The van der Waals surface area contributed by atoms with Crippen LogP contribution < -0.4 is 11.2 Å². The Balaban J connectivity index is 2.18. The molecule has 0 saturated heterocycles. The zero-order chi connectivity index (χ0) is 13.1. The molecule has 3 N–H and O–H groups in total. The summed E-state index contributed by atoms with van der Waals surface area (Å²) in [5.74, 6) is 0.213. The van der Waals surface area contributed by atoms with Crippen LogP contribution in [0.25, 0.3) is 0 Å². The van der Waals surface area contributed by atoms with Crippen LogP contribution in [0, 0.1) is 10.1 Å². The van der Waals surface area contributed by atoms with E-state index in [-0.39, 0.29) is 11.5 Å². The number of nitro benzene ring substituents is 1. The Hall–Kier alpha value is -2.77. The number of anilines is 1. The first-order chi connectivity index (χ1) is 8.58. The molecule has 0 radical (unpaired) electrons. The fourth-order valence-corrected chi connectivity index (χ4v) is 1.36. The molecule has 0 saturated carbocycles. The third kappa shape index (κ3) is 2.32. The molecule has 1 aliphatic rings. The Labute approximate surface area is 102 Å². The van der Waals surface area contributed by atoms with E-state index in [0.29, 0.717) is 17.1 Å². The number of hydrazone groups is 1. The van der Waals surface area contributed by atoms with Gasteiger partial charge in [0.1, 0.15) is 0 Å². The average molecular weight is 246 g/mol. The highest BCUT2D eigenvalue weighted by Crippen LogP contribution is 2.17. The summed E-state index contributed by atoms with van der Waals surface area (Å²) >= 11 is 0. The number of non-ortho nitro benzene ring substituents is 1. The summed E-state index contributed by atoms with van der Waals surface area (Å²) in [6.07, 6.45) is 0. The number of nitrogens with two attached hydrogens (primary N) is 1. The minimum Gasteiger partial charge on any atom is -0.380 e. The molecule has 0 unspecified atom stereocenters. The number of benzene rings is 1. The molecule has 8 nitrogen and oxygen atoms in total. The first-order valence-electron chi connectivity index (χ1n) is 5.04. The Bertz CT molecular complexity index is 570. The topological polar surface area (TPSA) is 118 Å². The van der Waals surface area contributed by atoms with Gasteiger partial charge in [-0.25, -0.2) is 0 Å². The van der Waals surface area contributed by atoms with Crippen LogP contribution in [-0.4, -0.2) is 22.2 Å². The van der Waals surface area contributed by atoms with E-state index in [4.69, 9.17) is 5.73 Å². The van der Waals surface area contributed by atoms with Crippen LogP contribution in [0.5, 0.6) is 0 Å². The lowest BCUT2D eigenvalue weighted by atomic mass is 10.2. The van der Waals surface area contributed by atoms with Crippen molar-refractivity contribution < 1.29 is 4.92 Å². The minimum absolute atomic E-state index is 0.0151. The van der Waals surface area contributed by atoms with E-state index in [0.717, 1.165) is 0 Å². The summed E-state index contributed by atoms with van der Waals surface area (Å²) in [5, 5.41) is 22.0. The summed E-state index contributed by atoms with van der Waals surface area (Å²) in [6, 6.07) is 5.99. The number of amidine groups is 1. The number of nitrogens with one attached hydrogen (secondary N) is 1. The van der Waals surface area contributed by atoms with Gasteiger partial charge < -0.3 is 5.73 Å². The van der Waals surface area contributed by atoms with Gasteiger partial charge >= 0.3 is 0 Å². The van der Waals surface area contributed by atoms with E-state index < -0.39 is 4.92 Å². The average Bonchev–Trinajstić information content (AvgIpc) is 2.67. The number of rotatable bonds is 3. The van der Waals surface area contributed by atoms with Crippen molar-refractivity contribution in [2.75, 3.05) is 5.43 Å². The third-order valence-electron chi connectivity index (χ3n) is 2.25. The predicted octanol–water partition coefficient (Wildman–Crippen LogP) is 1.11. The molecule has 0 fully saturated rings. The smallest absolute Gasteiger partial charge is 0.271 e. The maximum Gasteiger partial charge on any atom is 0.271 e. The van der Waals surface area contributed by atoms with Crippen molar-refractivity contribution >= 4 is 28.6 Å². The van der Waals surface area contributed by atoms with Gasteiger partial charge in [0, 0.05) is 12.1 Å². The summed E-state index contributed by atoms with van der Waals surface area (Å²) in [6.45, 7) is 1.72. The van der Waals surface area contributed by atoms with E-state index in [1.54, 1.807) is 19.1 Å².